The number of carbonyl (C=O) groups is 2. The third-order valence-electron chi connectivity index (χ3n) is 6.97. The van der Waals surface area contributed by atoms with E-state index >= 15 is 0 Å². The Kier molecular flexibility index (Phi) is 5.73. The summed E-state index contributed by atoms with van der Waals surface area (Å²) in [6, 6.07) is 5.15. The second kappa shape index (κ2) is 8.67. The Bertz CT molecular complexity index is 914. The van der Waals surface area contributed by atoms with Crippen LogP contribution in [0.3, 0.4) is 0 Å². The molecule has 0 unspecified atom stereocenters. The minimum Gasteiger partial charge on any atom is -0.378 e. The lowest BCUT2D eigenvalue weighted by Gasteiger charge is -2.49. The molecule has 1 N–H and O–H groups in total. The van der Waals surface area contributed by atoms with Crippen LogP contribution in [0.1, 0.15) is 18.4 Å². The fraction of sp³-hybridized carbons (Fsp3) is 0.636. The van der Waals surface area contributed by atoms with Crippen LogP contribution >= 0.6 is 0 Å². The predicted octanol–water partition coefficient (Wildman–Crippen LogP) is 0.395. The number of nitro groups is 1. The van der Waals surface area contributed by atoms with Gasteiger partial charge in [0.15, 0.2) is 0 Å². The molecule has 4 aliphatic rings. The number of morpholine rings is 1. The number of anilines is 1. The molecule has 1 aromatic carbocycles. The van der Waals surface area contributed by atoms with Gasteiger partial charge in [-0.3, -0.25) is 24.6 Å². The monoisotopic (exact) mass is 443 g/mol. The predicted molar refractivity (Wildman–Crippen MR) is 116 cm³/mol. The maximum absolute atomic E-state index is 13.1. The second-order valence-electron chi connectivity index (χ2n) is 9.15. The van der Waals surface area contributed by atoms with E-state index in [4.69, 9.17) is 4.74 Å². The molecule has 3 heterocycles. The van der Waals surface area contributed by atoms with Crippen LogP contribution in [-0.2, 0) is 20.7 Å². The van der Waals surface area contributed by atoms with Gasteiger partial charge in [-0.15, -0.1) is 0 Å². The summed E-state index contributed by atoms with van der Waals surface area (Å²) >= 11 is 0. The highest BCUT2D eigenvalue weighted by atomic mass is 16.6. The van der Waals surface area contributed by atoms with Gasteiger partial charge < -0.3 is 19.9 Å². The van der Waals surface area contributed by atoms with Crippen LogP contribution < -0.4 is 10.2 Å². The van der Waals surface area contributed by atoms with Gasteiger partial charge in [0, 0.05) is 56.6 Å². The third-order valence-corrected chi connectivity index (χ3v) is 6.97. The molecule has 1 aromatic rings. The van der Waals surface area contributed by atoms with E-state index in [0.29, 0.717) is 58.9 Å². The molecule has 32 heavy (non-hydrogen) atoms. The van der Waals surface area contributed by atoms with Gasteiger partial charge in [-0.1, -0.05) is 0 Å². The number of fused-ring (bicyclic) bond motifs is 3. The van der Waals surface area contributed by atoms with Crippen molar-refractivity contribution in [1.29, 1.82) is 0 Å². The Balaban J connectivity index is 1.35. The molecule has 3 aliphatic heterocycles. The van der Waals surface area contributed by atoms with Crippen LogP contribution in [0, 0.1) is 16.0 Å². The Morgan fingerprint density at radius 3 is 2.66 bits per heavy atom. The molecule has 5 rings (SSSR count). The van der Waals surface area contributed by atoms with E-state index in [1.165, 1.54) is 6.07 Å². The summed E-state index contributed by atoms with van der Waals surface area (Å²) in [6.45, 7) is 4.76. The first-order valence-corrected chi connectivity index (χ1v) is 11.4. The minimum atomic E-state index is -0.388. The molecular weight excluding hydrogens is 414 g/mol. The zero-order valence-corrected chi connectivity index (χ0v) is 18.1. The van der Waals surface area contributed by atoms with Gasteiger partial charge in [0.05, 0.1) is 36.6 Å². The van der Waals surface area contributed by atoms with Crippen molar-refractivity contribution in [2.24, 2.45) is 5.92 Å². The molecule has 0 radical (unpaired) electrons. The summed E-state index contributed by atoms with van der Waals surface area (Å²) in [5.41, 5.74) is 1.87. The van der Waals surface area contributed by atoms with Crippen LogP contribution in [0.25, 0.3) is 0 Å². The van der Waals surface area contributed by atoms with Crippen molar-refractivity contribution in [3.63, 3.8) is 0 Å². The summed E-state index contributed by atoms with van der Waals surface area (Å²) in [5, 5.41) is 14.4. The largest absolute Gasteiger partial charge is 0.378 e. The SMILES string of the molecule is O=C(NC1CC1)[C@H]1Cc2cc([N+](=O)[O-])ccc2N2CCN(CC(=O)N3CCOCC3)C[C@@H]12. The zero-order chi connectivity index (χ0) is 22.2. The van der Waals surface area contributed by atoms with Gasteiger partial charge >= 0.3 is 0 Å². The number of ether oxygens (including phenoxy) is 1. The Morgan fingerprint density at radius 2 is 1.94 bits per heavy atom. The van der Waals surface area contributed by atoms with Crippen molar-refractivity contribution in [2.75, 3.05) is 57.4 Å². The average molecular weight is 444 g/mol. The first-order chi connectivity index (χ1) is 15.5. The van der Waals surface area contributed by atoms with Crippen molar-refractivity contribution >= 4 is 23.2 Å². The fourth-order valence-electron chi connectivity index (χ4n) is 5.07. The number of hydrogen-bond donors (Lipinski definition) is 1. The molecular formula is C22H29N5O5. The lowest BCUT2D eigenvalue weighted by Crippen LogP contribution is -2.62. The van der Waals surface area contributed by atoms with Crippen LogP contribution in [-0.4, -0.2) is 91.1 Å². The molecule has 2 saturated heterocycles. The fourth-order valence-corrected chi connectivity index (χ4v) is 5.07. The number of hydrogen-bond acceptors (Lipinski definition) is 7. The van der Waals surface area contributed by atoms with Crippen LogP contribution in [0.4, 0.5) is 11.4 Å². The van der Waals surface area contributed by atoms with E-state index in [2.05, 4.69) is 15.1 Å². The first-order valence-electron chi connectivity index (χ1n) is 11.4. The summed E-state index contributed by atoms with van der Waals surface area (Å²) in [5.74, 6) is -0.181. The maximum atomic E-state index is 13.1. The number of piperazine rings is 1. The van der Waals surface area contributed by atoms with Gasteiger partial charge in [-0.2, -0.15) is 0 Å². The number of nitro benzene ring substituents is 1. The van der Waals surface area contributed by atoms with Gasteiger partial charge in [-0.05, 0) is 30.9 Å². The molecule has 2 atom stereocenters. The highest BCUT2D eigenvalue weighted by Crippen LogP contribution is 2.38. The van der Waals surface area contributed by atoms with Crippen molar-refractivity contribution < 1.29 is 19.2 Å². The van der Waals surface area contributed by atoms with E-state index in [0.717, 1.165) is 24.1 Å². The third kappa shape index (κ3) is 4.29. The van der Waals surface area contributed by atoms with E-state index in [1.807, 2.05) is 11.0 Å². The summed E-state index contributed by atoms with van der Waals surface area (Å²) in [4.78, 5) is 43.0. The number of nitrogens with zero attached hydrogens (tertiary/aromatic N) is 4. The molecule has 0 bridgehead atoms. The number of carbonyl (C=O) groups excluding carboxylic acids is 2. The Morgan fingerprint density at radius 1 is 1.16 bits per heavy atom. The minimum absolute atomic E-state index is 0.0148. The Labute approximate surface area is 186 Å². The number of amides is 2. The van der Waals surface area contributed by atoms with Crippen molar-refractivity contribution in [3.05, 3.63) is 33.9 Å². The maximum Gasteiger partial charge on any atom is 0.269 e. The molecule has 10 heteroatoms. The average Bonchev–Trinajstić information content (AvgIpc) is 3.62. The number of rotatable bonds is 5. The first kappa shape index (κ1) is 21.1. The van der Waals surface area contributed by atoms with E-state index in [1.54, 1.807) is 6.07 Å². The van der Waals surface area contributed by atoms with E-state index in [9.17, 15) is 19.7 Å². The van der Waals surface area contributed by atoms with Gasteiger partial charge in [-0.25, -0.2) is 0 Å². The number of benzene rings is 1. The smallest absolute Gasteiger partial charge is 0.269 e. The molecule has 172 valence electrons. The van der Waals surface area contributed by atoms with Crippen LogP contribution in [0.15, 0.2) is 18.2 Å². The molecule has 1 saturated carbocycles. The van der Waals surface area contributed by atoms with E-state index < -0.39 is 0 Å². The van der Waals surface area contributed by atoms with E-state index in [-0.39, 0.29) is 40.4 Å². The molecule has 3 fully saturated rings. The Hall–Kier alpha value is -2.72. The number of non-ortho nitro benzene ring substituents is 1. The normalized spacial score (nSPS) is 25.6. The lowest BCUT2D eigenvalue weighted by molar-refractivity contribution is -0.384. The topological polar surface area (TPSA) is 108 Å². The van der Waals surface area contributed by atoms with Crippen LogP contribution in [0.5, 0.6) is 0 Å². The standard InChI is InChI=1S/C22H29N5O5/c28-21(25-7-9-32-10-8-25)14-24-5-6-26-19-4-3-17(27(30)31)11-15(19)12-18(20(26)13-24)22(29)23-16-1-2-16/h3-4,11,16,18,20H,1-2,5-10,12-14H2,(H,23,29)/t18-,20-/m0/s1. The van der Waals surface area contributed by atoms with Gasteiger partial charge in [0.2, 0.25) is 11.8 Å². The molecule has 2 amide bonds. The molecule has 0 aromatic heterocycles. The van der Waals surface area contributed by atoms with Gasteiger partial charge in [0.1, 0.15) is 0 Å². The molecule has 0 spiro atoms. The number of nitrogens with one attached hydrogen (secondary N) is 1. The highest BCUT2D eigenvalue weighted by Gasteiger charge is 2.43. The molecule has 10 nitrogen and oxygen atoms in total. The lowest BCUT2D eigenvalue weighted by atomic mass is 9.83. The quantitative estimate of drug-likeness (QED) is 0.518. The summed E-state index contributed by atoms with van der Waals surface area (Å²) < 4.78 is 5.34. The van der Waals surface area contributed by atoms with Gasteiger partial charge in [0.25, 0.3) is 5.69 Å². The van der Waals surface area contributed by atoms with Crippen molar-refractivity contribution in [1.82, 2.24) is 15.1 Å². The zero-order valence-electron chi connectivity index (χ0n) is 18.1. The van der Waals surface area contributed by atoms with Crippen molar-refractivity contribution in [2.45, 2.75) is 31.3 Å². The summed E-state index contributed by atoms with van der Waals surface area (Å²) in [6.07, 6.45) is 2.49. The second-order valence-corrected chi connectivity index (χ2v) is 9.15. The molecule has 1 aliphatic carbocycles. The highest BCUT2D eigenvalue weighted by molar-refractivity contribution is 5.83. The van der Waals surface area contributed by atoms with Crippen LogP contribution in [0.2, 0.25) is 0 Å². The summed E-state index contributed by atoms with van der Waals surface area (Å²) in [7, 11) is 0. The van der Waals surface area contributed by atoms with Crippen molar-refractivity contribution in [3.8, 4) is 0 Å².